The standard InChI is InChI=1S/C20H13N3O2S/c21-12-13-5-7-14(8-6-13)25-20-19(22)15(17-3-1-9-24-17)11-16(23-20)18-4-2-10-26-18/h1-11H,22H2. The van der Waals surface area contributed by atoms with Crippen molar-refractivity contribution in [3.8, 4) is 39.6 Å². The molecular weight excluding hydrogens is 346 g/mol. The van der Waals surface area contributed by atoms with Crippen LogP contribution in [0.3, 0.4) is 0 Å². The van der Waals surface area contributed by atoms with Crippen LogP contribution in [0.5, 0.6) is 11.6 Å². The average Bonchev–Trinajstić information content (AvgIpc) is 3.38. The second kappa shape index (κ2) is 6.75. The molecule has 26 heavy (non-hydrogen) atoms. The number of hydrogen-bond acceptors (Lipinski definition) is 6. The van der Waals surface area contributed by atoms with Gasteiger partial charge in [0, 0.05) is 5.56 Å². The van der Waals surface area contributed by atoms with Crippen molar-refractivity contribution in [2.75, 3.05) is 5.73 Å². The molecule has 0 aliphatic carbocycles. The van der Waals surface area contributed by atoms with Gasteiger partial charge in [0.25, 0.3) is 0 Å². The van der Waals surface area contributed by atoms with E-state index in [9.17, 15) is 0 Å². The van der Waals surface area contributed by atoms with Crippen LogP contribution >= 0.6 is 11.3 Å². The van der Waals surface area contributed by atoms with Crippen molar-refractivity contribution >= 4 is 17.0 Å². The number of hydrogen-bond donors (Lipinski definition) is 1. The largest absolute Gasteiger partial charge is 0.464 e. The van der Waals surface area contributed by atoms with Gasteiger partial charge in [-0.1, -0.05) is 6.07 Å². The molecule has 0 atom stereocenters. The van der Waals surface area contributed by atoms with Gasteiger partial charge in [0.15, 0.2) is 0 Å². The smallest absolute Gasteiger partial charge is 0.244 e. The Bertz CT molecular complexity index is 1060. The molecule has 0 amide bonds. The summed E-state index contributed by atoms with van der Waals surface area (Å²) >= 11 is 1.58. The Hall–Kier alpha value is -3.56. The Balaban J connectivity index is 1.80. The average molecular weight is 359 g/mol. The molecule has 0 saturated heterocycles. The summed E-state index contributed by atoms with van der Waals surface area (Å²) in [6, 6.07) is 18.4. The molecule has 6 heteroatoms. The Morgan fingerprint density at radius 3 is 2.62 bits per heavy atom. The molecule has 0 aliphatic heterocycles. The van der Waals surface area contributed by atoms with Crippen LogP contribution < -0.4 is 10.5 Å². The van der Waals surface area contributed by atoms with Gasteiger partial charge in [-0.2, -0.15) is 5.26 Å². The molecule has 0 unspecified atom stereocenters. The minimum absolute atomic E-state index is 0.298. The van der Waals surface area contributed by atoms with Crippen LogP contribution in [0.25, 0.3) is 21.9 Å². The summed E-state index contributed by atoms with van der Waals surface area (Å²) in [5.74, 6) is 1.50. The predicted molar refractivity (Wildman–Crippen MR) is 101 cm³/mol. The van der Waals surface area contributed by atoms with Gasteiger partial charge in [-0.25, -0.2) is 4.98 Å². The maximum Gasteiger partial charge on any atom is 0.244 e. The molecule has 0 saturated carbocycles. The number of thiophene rings is 1. The molecule has 1 aromatic carbocycles. The highest BCUT2D eigenvalue weighted by Crippen LogP contribution is 2.38. The van der Waals surface area contributed by atoms with Crippen molar-refractivity contribution in [1.82, 2.24) is 4.98 Å². The molecule has 4 rings (SSSR count). The third-order valence-electron chi connectivity index (χ3n) is 3.78. The maximum atomic E-state index is 8.91. The Labute approximate surface area is 153 Å². The summed E-state index contributed by atoms with van der Waals surface area (Å²) in [5, 5.41) is 10.9. The van der Waals surface area contributed by atoms with Crippen LogP contribution in [0.15, 0.2) is 70.7 Å². The van der Waals surface area contributed by atoms with Crippen LogP contribution in [0.4, 0.5) is 5.69 Å². The zero-order chi connectivity index (χ0) is 17.9. The molecule has 4 aromatic rings. The molecule has 0 fully saturated rings. The van der Waals surface area contributed by atoms with E-state index in [1.165, 1.54) is 0 Å². The lowest BCUT2D eigenvalue weighted by atomic mass is 10.1. The number of ether oxygens (including phenoxy) is 1. The molecule has 5 nitrogen and oxygen atoms in total. The maximum absolute atomic E-state index is 8.91. The SMILES string of the molecule is N#Cc1ccc(Oc2nc(-c3cccs3)cc(-c3ccco3)c2N)cc1. The summed E-state index contributed by atoms with van der Waals surface area (Å²) < 4.78 is 11.4. The molecule has 126 valence electrons. The van der Waals surface area contributed by atoms with Gasteiger partial charge in [0.2, 0.25) is 5.88 Å². The summed E-state index contributed by atoms with van der Waals surface area (Å²) in [4.78, 5) is 5.58. The van der Waals surface area contributed by atoms with Gasteiger partial charge >= 0.3 is 0 Å². The Morgan fingerprint density at radius 1 is 1.12 bits per heavy atom. The zero-order valence-electron chi connectivity index (χ0n) is 13.5. The van der Waals surface area contributed by atoms with Crippen LogP contribution in [-0.2, 0) is 0 Å². The van der Waals surface area contributed by atoms with E-state index in [1.54, 1.807) is 47.9 Å². The first-order valence-electron chi connectivity index (χ1n) is 7.81. The first kappa shape index (κ1) is 15.9. The van der Waals surface area contributed by atoms with Gasteiger partial charge < -0.3 is 14.9 Å². The highest BCUT2D eigenvalue weighted by molar-refractivity contribution is 7.13. The minimum Gasteiger partial charge on any atom is -0.464 e. The first-order valence-corrected chi connectivity index (χ1v) is 8.69. The van der Waals surface area contributed by atoms with Crippen molar-refractivity contribution in [2.24, 2.45) is 0 Å². The van der Waals surface area contributed by atoms with Gasteiger partial charge in [-0.15, -0.1) is 11.3 Å². The van der Waals surface area contributed by atoms with Gasteiger partial charge in [0.05, 0.1) is 28.5 Å². The number of aromatic nitrogens is 1. The lowest BCUT2D eigenvalue weighted by Crippen LogP contribution is -1.99. The number of nitrogens with two attached hydrogens (primary N) is 1. The lowest BCUT2D eigenvalue weighted by molar-refractivity contribution is 0.466. The molecule has 2 N–H and O–H groups in total. The molecule has 3 heterocycles. The van der Waals surface area contributed by atoms with Crippen molar-refractivity contribution in [3.05, 3.63) is 71.8 Å². The van der Waals surface area contributed by atoms with Crippen molar-refractivity contribution in [3.63, 3.8) is 0 Å². The summed E-state index contributed by atoms with van der Waals surface area (Å²) in [6.45, 7) is 0. The minimum atomic E-state index is 0.298. The van der Waals surface area contributed by atoms with Gasteiger partial charge in [-0.3, -0.25) is 0 Å². The predicted octanol–water partition coefficient (Wildman–Crippen LogP) is 5.32. The molecule has 3 aromatic heterocycles. The molecule has 0 spiro atoms. The second-order valence-electron chi connectivity index (χ2n) is 5.47. The highest BCUT2D eigenvalue weighted by Gasteiger charge is 2.17. The lowest BCUT2D eigenvalue weighted by Gasteiger charge is -2.12. The van der Waals surface area contributed by atoms with Crippen molar-refractivity contribution in [2.45, 2.75) is 0 Å². The number of nitriles is 1. The third-order valence-corrected chi connectivity index (χ3v) is 4.67. The van der Waals surface area contributed by atoms with E-state index in [4.69, 9.17) is 20.1 Å². The van der Waals surface area contributed by atoms with Gasteiger partial charge in [0.1, 0.15) is 17.2 Å². The van der Waals surface area contributed by atoms with E-state index < -0.39 is 0 Å². The fourth-order valence-corrected chi connectivity index (χ4v) is 3.19. The van der Waals surface area contributed by atoms with Gasteiger partial charge in [-0.05, 0) is 53.9 Å². The van der Waals surface area contributed by atoms with E-state index in [2.05, 4.69) is 11.1 Å². The third kappa shape index (κ3) is 3.04. The number of furan rings is 1. The Kier molecular flexibility index (Phi) is 4.14. The molecule has 0 aliphatic rings. The zero-order valence-corrected chi connectivity index (χ0v) is 14.4. The van der Waals surface area contributed by atoms with Crippen LogP contribution in [-0.4, -0.2) is 4.98 Å². The molecular formula is C20H13N3O2S. The van der Waals surface area contributed by atoms with E-state index >= 15 is 0 Å². The number of nitrogens with zero attached hydrogens (tertiary/aromatic N) is 2. The monoisotopic (exact) mass is 359 g/mol. The van der Waals surface area contributed by atoms with Crippen molar-refractivity contribution < 1.29 is 9.15 Å². The normalized spacial score (nSPS) is 10.4. The first-order chi connectivity index (χ1) is 12.7. The van der Waals surface area contributed by atoms with E-state index in [1.807, 2.05) is 29.6 Å². The number of rotatable bonds is 4. The van der Waals surface area contributed by atoms with Crippen LogP contribution in [0.1, 0.15) is 5.56 Å². The summed E-state index contributed by atoms with van der Waals surface area (Å²) in [7, 11) is 0. The quantitative estimate of drug-likeness (QED) is 0.533. The summed E-state index contributed by atoms with van der Waals surface area (Å²) in [5.41, 5.74) is 8.73. The topological polar surface area (TPSA) is 85.1 Å². The van der Waals surface area contributed by atoms with Crippen LogP contribution in [0, 0.1) is 11.3 Å². The molecule has 0 radical (unpaired) electrons. The Morgan fingerprint density at radius 2 is 1.96 bits per heavy atom. The van der Waals surface area contributed by atoms with E-state index in [-0.39, 0.29) is 0 Å². The summed E-state index contributed by atoms with van der Waals surface area (Å²) in [6.07, 6.45) is 1.60. The number of pyridine rings is 1. The molecule has 0 bridgehead atoms. The highest BCUT2D eigenvalue weighted by atomic mass is 32.1. The fraction of sp³-hybridized carbons (Fsp3) is 0. The number of benzene rings is 1. The number of nitrogen functional groups attached to an aromatic ring is 1. The van der Waals surface area contributed by atoms with E-state index in [0.717, 1.165) is 16.1 Å². The second-order valence-corrected chi connectivity index (χ2v) is 6.41. The van der Waals surface area contributed by atoms with Crippen molar-refractivity contribution in [1.29, 1.82) is 5.26 Å². The number of anilines is 1. The van der Waals surface area contributed by atoms with Crippen LogP contribution in [0.2, 0.25) is 0 Å². The fourth-order valence-electron chi connectivity index (χ4n) is 2.50. The van der Waals surface area contributed by atoms with E-state index in [0.29, 0.717) is 28.6 Å².